The van der Waals surface area contributed by atoms with Crippen LogP contribution in [-0.2, 0) is 12.8 Å². The van der Waals surface area contributed by atoms with Crippen LogP contribution in [0.3, 0.4) is 0 Å². The summed E-state index contributed by atoms with van der Waals surface area (Å²) < 4.78 is 0. The van der Waals surface area contributed by atoms with E-state index in [0.717, 1.165) is 6.42 Å². The molecule has 1 rings (SSSR count). The summed E-state index contributed by atoms with van der Waals surface area (Å²) in [7, 11) is 0. The van der Waals surface area contributed by atoms with E-state index in [1.165, 1.54) is 11.1 Å². The first-order valence-corrected chi connectivity index (χ1v) is 6.06. The number of rotatable bonds is 3. The van der Waals surface area contributed by atoms with Gasteiger partial charge in [-0.2, -0.15) is 0 Å². The average molecular weight is 220 g/mol. The van der Waals surface area contributed by atoms with Gasteiger partial charge < -0.3 is 5.11 Å². The van der Waals surface area contributed by atoms with E-state index in [0.29, 0.717) is 6.42 Å². The summed E-state index contributed by atoms with van der Waals surface area (Å²) in [5.41, 5.74) is 1.79. The van der Waals surface area contributed by atoms with Crippen LogP contribution < -0.4 is 0 Å². The lowest BCUT2D eigenvalue weighted by molar-refractivity contribution is -0.0405. The Kier molecular flexibility index (Phi) is 3.80. The zero-order chi connectivity index (χ0) is 12.4. The zero-order valence-electron chi connectivity index (χ0n) is 11.2. The van der Waals surface area contributed by atoms with E-state index in [-0.39, 0.29) is 5.41 Å². The van der Waals surface area contributed by atoms with Gasteiger partial charge in [-0.05, 0) is 29.9 Å². The molecular formula is C15H24O. The van der Waals surface area contributed by atoms with E-state index in [9.17, 15) is 5.11 Å². The predicted octanol–water partition coefficient (Wildman–Crippen LogP) is 3.59. The van der Waals surface area contributed by atoms with E-state index in [2.05, 4.69) is 52.0 Å². The molecule has 1 atom stereocenters. The van der Waals surface area contributed by atoms with E-state index in [1.807, 2.05) is 6.92 Å². The second-order valence-electron chi connectivity index (χ2n) is 5.87. The lowest BCUT2D eigenvalue weighted by Crippen LogP contribution is -2.41. The van der Waals surface area contributed by atoms with Crippen LogP contribution in [0.5, 0.6) is 0 Å². The summed E-state index contributed by atoms with van der Waals surface area (Å²) in [6.45, 7) is 10.3. The molecule has 0 heterocycles. The van der Waals surface area contributed by atoms with Gasteiger partial charge in [-0.15, -0.1) is 0 Å². The third kappa shape index (κ3) is 3.08. The lowest BCUT2D eigenvalue weighted by atomic mass is 9.74. The summed E-state index contributed by atoms with van der Waals surface area (Å²) in [5.74, 6) is 0. The van der Waals surface area contributed by atoms with Gasteiger partial charge >= 0.3 is 0 Å². The van der Waals surface area contributed by atoms with Crippen LogP contribution in [0.1, 0.15) is 45.7 Å². The first-order chi connectivity index (χ1) is 7.26. The Bertz CT molecular complexity index is 327. The van der Waals surface area contributed by atoms with Crippen molar-refractivity contribution in [3.63, 3.8) is 0 Å². The Hall–Kier alpha value is -0.820. The topological polar surface area (TPSA) is 20.2 Å². The summed E-state index contributed by atoms with van der Waals surface area (Å²) in [6.07, 6.45) is 1.77. The summed E-state index contributed by atoms with van der Waals surface area (Å²) in [4.78, 5) is 0. The maximum atomic E-state index is 10.4. The van der Waals surface area contributed by atoms with Gasteiger partial charge in [0.1, 0.15) is 0 Å². The first kappa shape index (κ1) is 13.2. The molecule has 0 bridgehead atoms. The van der Waals surface area contributed by atoms with E-state index >= 15 is 0 Å². The van der Waals surface area contributed by atoms with Gasteiger partial charge in [-0.1, -0.05) is 52.0 Å². The molecule has 0 saturated carbocycles. The van der Waals surface area contributed by atoms with E-state index in [4.69, 9.17) is 0 Å². The average Bonchev–Trinajstić information content (AvgIpc) is 2.16. The fraction of sp³-hybridized carbons (Fsp3) is 0.600. The lowest BCUT2D eigenvalue weighted by Gasteiger charge is -2.37. The molecule has 16 heavy (non-hydrogen) atoms. The maximum absolute atomic E-state index is 10.4. The zero-order valence-corrected chi connectivity index (χ0v) is 11.2. The van der Waals surface area contributed by atoms with Crippen molar-refractivity contribution in [3.8, 4) is 0 Å². The molecule has 0 aliphatic carbocycles. The highest BCUT2D eigenvalue weighted by Gasteiger charge is 2.35. The molecule has 1 nitrogen and oxygen atoms in total. The summed E-state index contributed by atoms with van der Waals surface area (Å²) >= 11 is 0. The van der Waals surface area contributed by atoms with Gasteiger partial charge in [0.25, 0.3) is 0 Å². The van der Waals surface area contributed by atoms with Crippen molar-refractivity contribution < 1.29 is 5.11 Å². The van der Waals surface area contributed by atoms with Crippen molar-refractivity contribution in [2.45, 2.75) is 53.1 Å². The van der Waals surface area contributed by atoms with Crippen LogP contribution in [0, 0.1) is 5.41 Å². The van der Waals surface area contributed by atoms with Crippen molar-refractivity contribution in [1.82, 2.24) is 0 Å². The maximum Gasteiger partial charge on any atom is 0.0707 e. The SMILES string of the molecule is CCc1ccc(CC(C)(O)C(C)(C)C)cc1. The van der Waals surface area contributed by atoms with E-state index < -0.39 is 5.60 Å². The van der Waals surface area contributed by atoms with Gasteiger partial charge in [0.15, 0.2) is 0 Å². The van der Waals surface area contributed by atoms with Crippen LogP contribution in [0.2, 0.25) is 0 Å². The minimum Gasteiger partial charge on any atom is -0.389 e. The largest absolute Gasteiger partial charge is 0.389 e. The summed E-state index contributed by atoms with van der Waals surface area (Å²) in [6, 6.07) is 8.54. The van der Waals surface area contributed by atoms with Crippen molar-refractivity contribution in [2.24, 2.45) is 5.41 Å². The highest BCUT2D eigenvalue weighted by molar-refractivity contribution is 5.24. The van der Waals surface area contributed by atoms with Gasteiger partial charge in [0, 0.05) is 6.42 Å². The number of benzene rings is 1. The van der Waals surface area contributed by atoms with Crippen LogP contribution in [0.25, 0.3) is 0 Å². The van der Waals surface area contributed by atoms with Gasteiger partial charge in [0.2, 0.25) is 0 Å². The van der Waals surface area contributed by atoms with Crippen molar-refractivity contribution in [1.29, 1.82) is 0 Å². The molecule has 0 aliphatic rings. The molecule has 1 unspecified atom stereocenters. The number of hydrogen-bond acceptors (Lipinski definition) is 1. The molecule has 1 aromatic carbocycles. The van der Waals surface area contributed by atoms with Crippen LogP contribution in [0.4, 0.5) is 0 Å². The Morgan fingerprint density at radius 3 is 1.75 bits per heavy atom. The fourth-order valence-electron chi connectivity index (χ4n) is 1.56. The normalized spacial score (nSPS) is 15.9. The van der Waals surface area contributed by atoms with Crippen molar-refractivity contribution >= 4 is 0 Å². The fourth-order valence-corrected chi connectivity index (χ4v) is 1.56. The second kappa shape index (κ2) is 4.58. The third-order valence-corrected chi connectivity index (χ3v) is 3.60. The van der Waals surface area contributed by atoms with Gasteiger partial charge in [-0.25, -0.2) is 0 Å². The Balaban J connectivity index is 2.80. The molecule has 0 saturated heterocycles. The molecule has 90 valence electrons. The molecule has 1 N–H and O–H groups in total. The standard InChI is InChI=1S/C15H24O/c1-6-12-7-9-13(10-8-12)11-15(5,16)14(2,3)4/h7-10,16H,6,11H2,1-5H3. The van der Waals surface area contributed by atoms with Gasteiger partial charge in [0.05, 0.1) is 5.60 Å². The van der Waals surface area contributed by atoms with Crippen LogP contribution >= 0.6 is 0 Å². The Morgan fingerprint density at radius 1 is 0.938 bits per heavy atom. The van der Waals surface area contributed by atoms with Gasteiger partial charge in [-0.3, -0.25) is 0 Å². The molecule has 0 aliphatic heterocycles. The van der Waals surface area contributed by atoms with E-state index in [1.54, 1.807) is 0 Å². The van der Waals surface area contributed by atoms with Crippen molar-refractivity contribution in [3.05, 3.63) is 35.4 Å². The molecule has 0 amide bonds. The highest BCUT2D eigenvalue weighted by Crippen LogP contribution is 2.32. The Labute approximate surface area is 99.5 Å². The molecule has 0 radical (unpaired) electrons. The number of aryl methyl sites for hydroxylation is 1. The highest BCUT2D eigenvalue weighted by atomic mass is 16.3. The Morgan fingerprint density at radius 2 is 1.38 bits per heavy atom. The molecule has 0 spiro atoms. The molecule has 0 aromatic heterocycles. The van der Waals surface area contributed by atoms with Crippen LogP contribution in [0.15, 0.2) is 24.3 Å². The summed E-state index contributed by atoms with van der Waals surface area (Å²) in [5, 5.41) is 10.4. The number of aliphatic hydroxyl groups is 1. The minimum atomic E-state index is -0.666. The monoisotopic (exact) mass is 220 g/mol. The first-order valence-electron chi connectivity index (χ1n) is 6.06. The minimum absolute atomic E-state index is 0.101. The molecule has 1 aromatic rings. The predicted molar refractivity (Wildman–Crippen MR) is 69.6 cm³/mol. The molecule has 1 heteroatoms. The van der Waals surface area contributed by atoms with Crippen molar-refractivity contribution in [2.75, 3.05) is 0 Å². The quantitative estimate of drug-likeness (QED) is 0.825. The molecule has 0 fully saturated rings. The van der Waals surface area contributed by atoms with Crippen LogP contribution in [-0.4, -0.2) is 10.7 Å². The molecular weight excluding hydrogens is 196 g/mol. The number of hydrogen-bond donors (Lipinski definition) is 1. The smallest absolute Gasteiger partial charge is 0.0707 e. The second-order valence-corrected chi connectivity index (χ2v) is 5.87. The third-order valence-electron chi connectivity index (χ3n) is 3.60.